The lowest BCUT2D eigenvalue weighted by Crippen LogP contribution is -2.47. The van der Waals surface area contributed by atoms with Crippen LogP contribution >= 0.6 is 8.03 Å². The topological polar surface area (TPSA) is 110 Å². The molecule has 0 heterocycles. The molecule has 2 rings (SSSR count). The minimum absolute atomic E-state index is 0.0621. The summed E-state index contributed by atoms with van der Waals surface area (Å²) in [7, 11) is -2.47. The molecule has 3 atom stereocenters. The highest BCUT2D eigenvalue weighted by atomic mass is 31.1. The quantitative estimate of drug-likeness (QED) is 0.458. The monoisotopic (exact) mass is 460 g/mol. The number of amides is 1. The molecule has 0 aliphatic heterocycles. The first-order valence-electron chi connectivity index (χ1n) is 10.8. The molecule has 0 aromatic heterocycles. The van der Waals surface area contributed by atoms with Crippen LogP contribution in [0, 0.1) is 11.8 Å². The third kappa shape index (κ3) is 7.30. The molecular formula is C24H33N2O5P. The molecule has 2 unspecified atom stereocenters. The fourth-order valence-corrected chi connectivity index (χ4v) is 4.77. The van der Waals surface area contributed by atoms with E-state index in [1.165, 1.54) is 11.8 Å². The molecule has 174 valence electrons. The molecule has 7 nitrogen and oxygen atoms in total. The van der Waals surface area contributed by atoms with E-state index in [1.54, 1.807) is 12.1 Å². The Kier molecular flexibility index (Phi) is 10.1. The van der Waals surface area contributed by atoms with Crippen molar-refractivity contribution in [3.8, 4) is 11.1 Å². The fourth-order valence-electron chi connectivity index (χ4n) is 3.57. The van der Waals surface area contributed by atoms with Crippen molar-refractivity contribution < 1.29 is 23.8 Å². The smallest absolute Gasteiger partial charge is 0.326 e. The zero-order valence-corrected chi connectivity index (χ0v) is 19.9. The molecule has 0 saturated heterocycles. The van der Waals surface area contributed by atoms with Gasteiger partial charge in [-0.2, -0.15) is 0 Å². The van der Waals surface area contributed by atoms with Gasteiger partial charge in [0.25, 0.3) is 0 Å². The first-order chi connectivity index (χ1) is 15.2. The van der Waals surface area contributed by atoms with Crippen molar-refractivity contribution in [1.82, 2.24) is 0 Å². The van der Waals surface area contributed by atoms with Gasteiger partial charge in [-0.05, 0) is 42.5 Å². The number of anilines is 1. The molecule has 32 heavy (non-hydrogen) atoms. The summed E-state index contributed by atoms with van der Waals surface area (Å²) >= 11 is 0. The minimum atomic E-state index is -2.47. The third-order valence-electron chi connectivity index (χ3n) is 5.13. The van der Waals surface area contributed by atoms with Gasteiger partial charge in [-0.15, -0.1) is 0 Å². The number of hydrogen-bond donors (Lipinski definition) is 2. The number of carbonyl (C=O) groups excluding carboxylic acids is 1. The Bertz CT molecular complexity index is 902. The predicted molar refractivity (Wildman–Crippen MR) is 128 cm³/mol. The molecule has 0 bridgehead atoms. The lowest BCUT2D eigenvalue weighted by molar-refractivity contribution is -0.140. The van der Waals surface area contributed by atoms with Crippen LogP contribution in [0.2, 0.25) is 0 Å². The van der Waals surface area contributed by atoms with E-state index in [1.807, 2.05) is 56.3 Å². The van der Waals surface area contributed by atoms with Gasteiger partial charge in [-0.25, -0.2) is 4.79 Å². The number of rotatable bonds is 12. The third-order valence-corrected chi connectivity index (χ3v) is 6.49. The maximum absolute atomic E-state index is 13.5. The molecular weight excluding hydrogens is 427 g/mol. The summed E-state index contributed by atoms with van der Waals surface area (Å²) in [5.74, 6) is -1.93. The summed E-state index contributed by atoms with van der Waals surface area (Å²) in [4.78, 5) is 26.7. The van der Waals surface area contributed by atoms with E-state index in [0.717, 1.165) is 11.1 Å². The second-order valence-corrected chi connectivity index (χ2v) is 9.62. The van der Waals surface area contributed by atoms with E-state index in [-0.39, 0.29) is 31.1 Å². The van der Waals surface area contributed by atoms with E-state index >= 15 is 0 Å². The fraction of sp³-hybridized carbons (Fsp3) is 0.417. The maximum Gasteiger partial charge on any atom is 0.326 e. The van der Waals surface area contributed by atoms with Gasteiger partial charge in [-0.3, -0.25) is 14.3 Å². The lowest BCUT2D eigenvalue weighted by atomic mass is 9.96. The normalized spacial score (nSPS) is 14.0. The largest absolute Gasteiger partial charge is 0.480 e. The van der Waals surface area contributed by atoms with Crippen molar-refractivity contribution in [3.05, 3.63) is 54.6 Å². The second-order valence-electron chi connectivity index (χ2n) is 8.18. The highest BCUT2D eigenvalue weighted by Gasteiger charge is 2.33. The molecule has 0 aliphatic rings. The molecule has 2 aromatic carbocycles. The molecule has 0 radical (unpaired) electrons. The number of nitrogens with two attached hydrogens (primary N) is 1. The first kappa shape index (κ1) is 25.8. The number of hydrogen-bond acceptors (Lipinski definition) is 5. The van der Waals surface area contributed by atoms with Gasteiger partial charge < -0.3 is 15.4 Å². The summed E-state index contributed by atoms with van der Waals surface area (Å²) in [5, 5.41) is 9.67. The summed E-state index contributed by atoms with van der Waals surface area (Å²) in [6.45, 7) is 5.83. The van der Waals surface area contributed by atoms with Crippen LogP contribution in [0.5, 0.6) is 0 Å². The standard InChI is InChI=1S/C24H33N2O5P/c1-17(2)15-21(16-32(30)31-14-13-25)23(27)26(18(3)24(28)29)22-11-9-20(10-12-22)19-7-5-4-6-8-19/h4-12,17-18,21,32H,13-16,25H2,1-3H3,(H,28,29)/t18-,21?/m0/s1. The molecule has 0 spiro atoms. The number of carboxylic acids is 1. The van der Waals surface area contributed by atoms with E-state index in [9.17, 15) is 19.3 Å². The number of carbonyl (C=O) groups is 2. The van der Waals surface area contributed by atoms with Gasteiger partial charge >= 0.3 is 5.97 Å². The average Bonchev–Trinajstić information content (AvgIpc) is 2.78. The van der Waals surface area contributed by atoms with Crippen LogP contribution in [0.25, 0.3) is 11.1 Å². The average molecular weight is 461 g/mol. The Labute approximate surface area is 190 Å². The number of benzene rings is 2. The molecule has 0 fully saturated rings. The van der Waals surface area contributed by atoms with Crippen molar-refractivity contribution >= 4 is 25.6 Å². The van der Waals surface area contributed by atoms with Crippen LogP contribution in [0.4, 0.5) is 5.69 Å². The first-order valence-corrected chi connectivity index (χ1v) is 12.3. The summed E-state index contributed by atoms with van der Waals surface area (Å²) in [6, 6.07) is 15.9. The Morgan fingerprint density at radius 1 is 1.03 bits per heavy atom. The van der Waals surface area contributed by atoms with Crippen LogP contribution in [0.15, 0.2) is 54.6 Å². The van der Waals surface area contributed by atoms with Crippen molar-refractivity contribution in [3.63, 3.8) is 0 Å². The van der Waals surface area contributed by atoms with Gasteiger partial charge in [0.15, 0.2) is 8.03 Å². The van der Waals surface area contributed by atoms with Crippen LogP contribution in [0.1, 0.15) is 27.2 Å². The number of nitrogens with zero attached hydrogens (tertiary/aromatic N) is 1. The Balaban J connectivity index is 2.35. The van der Waals surface area contributed by atoms with Crippen LogP contribution < -0.4 is 10.6 Å². The van der Waals surface area contributed by atoms with Gasteiger partial charge in [-0.1, -0.05) is 56.3 Å². The van der Waals surface area contributed by atoms with Gasteiger partial charge in [0.05, 0.1) is 6.61 Å². The van der Waals surface area contributed by atoms with Gasteiger partial charge in [0, 0.05) is 24.3 Å². The summed E-state index contributed by atoms with van der Waals surface area (Å²) in [5.41, 5.74) is 7.88. The molecule has 3 N–H and O–H groups in total. The lowest BCUT2D eigenvalue weighted by Gasteiger charge is -2.31. The Hall–Kier alpha value is -2.47. The van der Waals surface area contributed by atoms with E-state index in [0.29, 0.717) is 12.1 Å². The summed E-state index contributed by atoms with van der Waals surface area (Å²) < 4.78 is 17.6. The zero-order valence-electron chi connectivity index (χ0n) is 18.9. The Morgan fingerprint density at radius 2 is 1.62 bits per heavy atom. The molecule has 1 amide bonds. The van der Waals surface area contributed by atoms with Crippen LogP contribution in [-0.2, 0) is 18.7 Å². The molecule has 8 heteroatoms. The van der Waals surface area contributed by atoms with Gasteiger partial charge in [0.1, 0.15) is 6.04 Å². The van der Waals surface area contributed by atoms with E-state index in [2.05, 4.69) is 0 Å². The highest BCUT2D eigenvalue weighted by Crippen LogP contribution is 2.32. The van der Waals surface area contributed by atoms with Crippen LogP contribution in [-0.4, -0.2) is 42.3 Å². The molecule has 0 saturated carbocycles. The highest BCUT2D eigenvalue weighted by molar-refractivity contribution is 7.39. The van der Waals surface area contributed by atoms with Crippen molar-refractivity contribution in [2.45, 2.75) is 33.2 Å². The number of carboxylic acid groups (broad SMARTS) is 1. The number of aliphatic carboxylic acids is 1. The van der Waals surface area contributed by atoms with E-state index < -0.39 is 26.0 Å². The van der Waals surface area contributed by atoms with Crippen molar-refractivity contribution in [2.24, 2.45) is 17.6 Å². The Morgan fingerprint density at radius 3 is 2.16 bits per heavy atom. The molecule has 0 aliphatic carbocycles. The molecule has 2 aromatic rings. The van der Waals surface area contributed by atoms with Crippen LogP contribution in [0.3, 0.4) is 0 Å². The zero-order chi connectivity index (χ0) is 23.7. The van der Waals surface area contributed by atoms with Crippen molar-refractivity contribution in [1.29, 1.82) is 0 Å². The second kappa shape index (κ2) is 12.5. The predicted octanol–water partition coefficient (Wildman–Crippen LogP) is 4.27. The SMILES string of the molecule is CC(C)CC(C[PH](=O)OCCN)C(=O)N(c1ccc(-c2ccccc2)cc1)[C@@H](C)C(=O)O. The minimum Gasteiger partial charge on any atom is -0.480 e. The van der Waals surface area contributed by atoms with Crippen molar-refractivity contribution in [2.75, 3.05) is 24.2 Å². The maximum atomic E-state index is 13.5. The summed E-state index contributed by atoms with van der Waals surface area (Å²) in [6.07, 6.45) is 0.540. The van der Waals surface area contributed by atoms with Gasteiger partial charge in [0.2, 0.25) is 5.91 Å². The van der Waals surface area contributed by atoms with E-state index in [4.69, 9.17) is 10.3 Å².